The van der Waals surface area contributed by atoms with Crippen LogP contribution in [0.5, 0.6) is 0 Å². The van der Waals surface area contributed by atoms with Crippen LogP contribution in [-0.2, 0) is 26.2 Å². The second kappa shape index (κ2) is 12.7. The molecule has 1 aliphatic carbocycles. The van der Waals surface area contributed by atoms with Crippen LogP contribution in [0.1, 0.15) is 12.0 Å². The van der Waals surface area contributed by atoms with Crippen molar-refractivity contribution in [1.82, 2.24) is 4.57 Å². The van der Waals surface area contributed by atoms with Crippen molar-refractivity contribution in [3.05, 3.63) is 133 Å². The molecule has 0 atom stereocenters. The van der Waals surface area contributed by atoms with E-state index in [1.54, 1.807) is 0 Å². The van der Waals surface area contributed by atoms with Crippen LogP contribution in [0.3, 0.4) is 0 Å². The van der Waals surface area contributed by atoms with Gasteiger partial charge in [-0.1, -0.05) is 83.9 Å². The molecule has 0 aliphatic heterocycles. The third-order valence-electron chi connectivity index (χ3n) is 6.47. The van der Waals surface area contributed by atoms with Gasteiger partial charge in [-0.3, -0.25) is 6.08 Å². The first-order chi connectivity index (χ1) is 16.8. The van der Waals surface area contributed by atoms with Gasteiger partial charge in [0.25, 0.3) is 0 Å². The Balaban J connectivity index is 0.000000430. The van der Waals surface area contributed by atoms with Crippen LogP contribution in [0.2, 0.25) is 0 Å². The maximum absolute atomic E-state index is 2.99. The van der Waals surface area contributed by atoms with Crippen LogP contribution in [0.15, 0.2) is 121 Å². The fraction of sp³-hybridized carbons (Fsp3) is 0.0606. The molecule has 0 spiro atoms. The normalized spacial score (nSPS) is 11.5. The summed E-state index contributed by atoms with van der Waals surface area (Å²) in [4.78, 5) is 0. The van der Waals surface area contributed by atoms with Crippen LogP contribution in [0, 0.1) is 13.0 Å². The van der Waals surface area contributed by atoms with Gasteiger partial charge in [-0.15, -0.1) is 34.9 Å². The van der Waals surface area contributed by atoms with Gasteiger partial charge in [0, 0.05) is 11.9 Å². The molecule has 4 heteroatoms. The first-order valence-electron chi connectivity index (χ1n) is 11.7. The van der Waals surface area contributed by atoms with Gasteiger partial charge in [-0.05, 0) is 35.2 Å². The molecular weight excluding hydrogens is 573 g/mol. The van der Waals surface area contributed by atoms with Crippen molar-refractivity contribution >= 4 is 32.4 Å². The summed E-state index contributed by atoms with van der Waals surface area (Å²) in [5, 5.41) is 6.44. The van der Waals surface area contributed by atoms with E-state index in [-0.39, 0.29) is 51.0 Å². The topological polar surface area (TPSA) is 4.93 Å². The molecule has 7 rings (SSSR count). The van der Waals surface area contributed by atoms with Crippen molar-refractivity contribution in [3.8, 4) is 16.8 Å². The number of rotatable bonds is 2. The molecule has 1 nitrogen and oxygen atoms in total. The van der Waals surface area contributed by atoms with Gasteiger partial charge in [0.2, 0.25) is 0 Å². The molecule has 0 N–H and O–H groups in total. The number of benzene rings is 4. The monoisotopic (exact) mass is 595 g/mol. The third kappa shape index (κ3) is 5.88. The number of aromatic nitrogens is 1. The second-order valence-electron chi connectivity index (χ2n) is 8.84. The second-order valence-corrected chi connectivity index (χ2v) is 8.84. The molecule has 37 heavy (non-hydrogen) atoms. The SMILES string of the molecule is Cc1cc(-c2cc3ccc(-n4ccc5ccccc54)cc3[cH-]2)c2ccccc2c1.[C-]1=CC=CC1.[Cl-].[Cl-].[Zr+4]. The van der Waals surface area contributed by atoms with Crippen LogP contribution < -0.4 is 24.8 Å². The predicted molar refractivity (Wildman–Crippen MR) is 146 cm³/mol. The maximum atomic E-state index is 2.99. The van der Waals surface area contributed by atoms with Crippen LogP contribution in [-0.4, -0.2) is 4.57 Å². The fourth-order valence-electron chi connectivity index (χ4n) is 4.85. The average molecular weight is 598 g/mol. The van der Waals surface area contributed by atoms with E-state index in [2.05, 4.69) is 127 Å². The number of hydrogen-bond donors (Lipinski definition) is 0. The summed E-state index contributed by atoms with van der Waals surface area (Å²) < 4.78 is 2.27. The van der Waals surface area contributed by atoms with Gasteiger partial charge in [0.1, 0.15) is 0 Å². The summed E-state index contributed by atoms with van der Waals surface area (Å²) in [5.41, 5.74) is 6.33. The van der Waals surface area contributed by atoms with Crippen molar-refractivity contribution < 1.29 is 51.0 Å². The van der Waals surface area contributed by atoms with Gasteiger partial charge < -0.3 is 29.4 Å². The molecule has 180 valence electrons. The molecule has 0 bridgehead atoms. The number of para-hydroxylation sites is 1. The average Bonchev–Trinajstić information content (AvgIpc) is 3.64. The van der Waals surface area contributed by atoms with Crippen molar-refractivity contribution in [2.24, 2.45) is 0 Å². The van der Waals surface area contributed by atoms with Gasteiger partial charge in [-0.2, -0.15) is 6.08 Å². The summed E-state index contributed by atoms with van der Waals surface area (Å²) in [6, 6.07) is 35.3. The molecule has 6 aromatic rings. The molecule has 0 saturated heterocycles. The molecule has 0 saturated carbocycles. The Morgan fingerprint density at radius 2 is 1.57 bits per heavy atom. The molecular formula is C33H25Cl2NZr. The Morgan fingerprint density at radius 3 is 2.32 bits per heavy atom. The van der Waals surface area contributed by atoms with Gasteiger partial charge in [0.15, 0.2) is 0 Å². The number of nitrogens with zero attached hydrogens (tertiary/aromatic N) is 1. The van der Waals surface area contributed by atoms with Gasteiger partial charge in [0.05, 0.1) is 5.52 Å². The summed E-state index contributed by atoms with van der Waals surface area (Å²) in [5.74, 6) is 0. The van der Waals surface area contributed by atoms with Crippen LogP contribution in [0.25, 0.3) is 49.3 Å². The molecule has 1 aliphatic rings. The minimum atomic E-state index is 0. The fourth-order valence-corrected chi connectivity index (χ4v) is 4.85. The predicted octanol–water partition coefficient (Wildman–Crippen LogP) is 2.94. The van der Waals surface area contributed by atoms with E-state index >= 15 is 0 Å². The Labute approximate surface area is 249 Å². The minimum Gasteiger partial charge on any atom is -1.00 e. The van der Waals surface area contributed by atoms with E-state index in [4.69, 9.17) is 0 Å². The van der Waals surface area contributed by atoms with E-state index in [1.807, 2.05) is 12.2 Å². The van der Waals surface area contributed by atoms with Crippen molar-refractivity contribution in [2.45, 2.75) is 13.3 Å². The smallest absolute Gasteiger partial charge is 1.00 e. The van der Waals surface area contributed by atoms with Crippen molar-refractivity contribution in [3.63, 3.8) is 0 Å². The first-order valence-corrected chi connectivity index (χ1v) is 11.7. The Morgan fingerprint density at radius 1 is 0.784 bits per heavy atom. The van der Waals surface area contributed by atoms with E-state index in [9.17, 15) is 0 Å². The molecule has 0 unspecified atom stereocenters. The van der Waals surface area contributed by atoms with Gasteiger partial charge in [-0.25, -0.2) is 12.2 Å². The number of hydrogen-bond acceptors (Lipinski definition) is 0. The molecule has 1 heterocycles. The Bertz CT molecular complexity index is 1690. The molecule has 0 amide bonds. The molecule has 1 aromatic heterocycles. The first kappa shape index (κ1) is 28.8. The van der Waals surface area contributed by atoms with Gasteiger partial charge >= 0.3 is 26.2 Å². The summed E-state index contributed by atoms with van der Waals surface area (Å²) in [6.45, 7) is 2.17. The summed E-state index contributed by atoms with van der Waals surface area (Å²) >= 11 is 0. The standard InChI is InChI=1S/C28H20N.C5H5.2ClH.Zr/c1-19-14-22-7-2-4-8-26(22)27(15-19)24-16-21-10-11-25(18-23(21)17-24)29-13-12-20-6-3-5-9-28(20)29;1-2-4-5-3-1;;;/h2-18H,1H3;1-3H,4H2;2*1H;/q2*-1;;;+4/p-2. The van der Waals surface area contributed by atoms with E-state index < -0.39 is 0 Å². The van der Waals surface area contributed by atoms with Crippen LogP contribution in [0.4, 0.5) is 0 Å². The van der Waals surface area contributed by atoms with Crippen molar-refractivity contribution in [2.75, 3.05) is 0 Å². The number of halogens is 2. The Hall–Kier alpha value is -2.77. The zero-order valence-corrected chi connectivity index (χ0v) is 24.4. The van der Waals surface area contributed by atoms with Crippen LogP contribution >= 0.6 is 0 Å². The summed E-state index contributed by atoms with van der Waals surface area (Å²) in [7, 11) is 0. The number of aryl methyl sites for hydroxylation is 1. The van der Waals surface area contributed by atoms with Crippen molar-refractivity contribution in [1.29, 1.82) is 0 Å². The largest absolute Gasteiger partial charge is 4.00 e. The number of fused-ring (bicyclic) bond motifs is 3. The Kier molecular flexibility index (Phi) is 9.85. The maximum Gasteiger partial charge on any atom is 4.00 e. The van der Waals surface area contributed by atoms with E-state index in [0.29, 0.717) is 0 Å². The van der Waals surface area contributed by atoms with E-state index in [1.165, 1.54) is 54.8 Å². The zero-order valence-electron chi connectivity index (χ0n) is 20.5. The minimum absolute atomic E-state index is 0. The van der Waals surface area contributed by atoms with E-state index in [0.717, 1.165) is 6.42 Å². The third-order valence-corrected chi connectivity index (χ3v) is 6.47. The molecule has 0 fully saturated rings. The number of allylic oxidation sites excluding steroid dienone is 4. The quantitative estimate of drug-likeness (QED) is 0.271. The summed E-state index contributed by atoms with van der Waals surface area (Å²) in [6.07, 6.45) is 12.2. The molecule has 5 aromatic carbocycles. The molecule has 0 radical (unpaired) electrons. The zero-order chi connectivity index (χ0) is 22.9.